The van der Waals surface area contributed by atoms with E-state index in [9.17, 15) is 10.4 Å². The Morgan fingerprint density at radius 1 is 1.02 bits per heavy atom. The van der Waals surface area contributed by atoms with Crippen LogP contribution in [0.25, 0.3) is 10.9 Å². The van der Waals surface area contributed by atoms with Gasteiger partial charge < -0.3 is 24.2 Å². The quantitative estimate of drug-likeness (QED) is 0.237. The van der Waals surface area contributed by atoms with Crippen molar-refractivity contribution >= 4 is 22.7 Å². The number of nitriles is 1. The summed E-state index contributed by atoms with van der Waals surface area (Å²) in [5.41, 5.74) is 0.490. The fourth-order valence-corrected chi connectivity index (χ4v) is 5.42. The number of pyridine rings is 2. The highest BCUT2D eigenvalue weighted by Crippen LogP contribution is 2.49. The molecule has 10 heteroatoms. The topological polar surface area (TPSA) is 101 Å². The Morgan fingerprint density at radius 3 is 2.44 bits per heavy atom. The number of halogens is 1. The summed E-state index contributed by atoms with van der Waals surface area (Å²) < 4.78 is 32.8. The fraction of sp³-hybridized carbons (Fsp3) is 0.323. The summed E-state index contributed by atoms with van der Waals surface area (Å²) in [6.07, 6.45) is 2.09. The molecule has 8 nitrogen and oxygen atoms in total. The number of methoxy groups -OCH3 is 3. The number of hydrogen-bond donors (Lipinski definition) is 1. The van der Waals surface area contributed by atoms with Gasteiger partial charge in [-0.05, 0) is 68.7 Å². The summed E-state index contributed by atoms with van der Waals surface area (Å²) in [7, 11) is 8.21. The zero-order chi connectivity index (χ0) is 29.7. The Hall–Kier alpha value is -3.91. The fourth-order valence-electron chi connectivity index (χ4n) is 4.99. The van der Waals surface area contributed by atoms with Gasteiger partial charge in [-0.25, -0.2) is 14.4 Å². The van der Waals surface area contributed by atoms with Gasteiger partial charge in [-0.2, -0.15) is 5.26 Å². The second kappa shape index (κ2) is 12.7. The second-order valence-electron chi connectivity index (χ2n) is 9.82. The van der Waals surface area contributed by atoms with Crippen molar-refractivity contribution in [3.05, 3.63) is 82.7 Å². The number of aliphatic hydroxyl groups is 1. The monoisotopic (exact) mass is 576 g/mol. The second-order valence-corrected chi connectivity index (χ2v) is 10.6. The molecule has 0 saturated carbocycles. The van der Waals surface area contributed by atoms with Crippen molar-refractivity contribution in [3.8, 4) is 23.6 Å². The van der Waals surface area contributed by atoms with Gasteiger partial charge >= 0.3 is 0 Å². The van der Waals surface area contributed by atoms with Crippen LogP contribution in [0.5, 0.6) is 17.5 Å². The zero-order valence-electron chi connectivity index (χ0n) is 23.9. The minimum atomic E-state index is -1.70. The lowest BCUT2D eigenvalue weighted by Crippen LogP contribution is -2.38. The first kappa shape index (κ1) is 30.1. The molecule has 0 amide bonds. The van der Waals surface area contributed by atoms with Crippen molar-refractivity contribution in [1.29, 1.82) is 5.26 Å². The molecular weight excluding hydrogens is 543 g/mol. The Labute approximate surface area is 243 Å². The average molecular weight is 577 g/mol. The summed E-state index contributed by atoms with van der Waals surface area (Å²) in [4.78, 5) is 11.1. The van der Waals surface area contributed by atoms with Crippen LogP contribution < -0.4 is 14.2 Å². The molecule has 0 aliphatic carbocycles. The van der Waals surface area contributed by atoms with Gasteiger partial charge in [0.15, 0.2) is 11.6 Å². The number of nitrogens with zero attached hydrogens (tertiary/aromatic N) is 4. The minimum absolute atomic E-state index is 0.0408. The van der Waals surface area contributed by atoms with Gasteiger partial charge in [0.1, 0.15) is 10.6 Å². The van der Waals surface area contributed by atoms with Crippen molar-refractivity contribution in [2.45, 2.75) is 23.0 Å². The third-order valence-corrected chi connectivity index (χ3v) is 7.71. The summed E-state index contributed by atoms with van der Waals surface area (Å²) >= 11 is 1.40. The molecule has 0 bridgehead atoms. The number of ether oxygens (including phenoxy) is 3. The van der Waals surface area contributed by atoms with E-state index in [1.54, 1.807) is 48.5 Å². The van der Waals surface area contributed by atoms with Crippen molar-refractivity contribution in [2.75, 3.05) is 48.2 Å². The molecule has 1 N–H and O–H groups in total. The van der Waals surface area contributed by atoms with Crippen molar-refractivity contribution < 1.29 is 23.7 Å². The molecule has 2 aromatic carbocycles. The van der Waals surface area contributed by atoms with Gasteiger partial charge in [0.05, 0.1) is 44.4 Å². The molecule has 2 aromatic heterocycles. The molecule has 0 saturated heterocycles. The molecule has 0 aliphatic rings. The lowest BCUT2D eigenvalue weighted by Gasteiger charge is -2.39. The van der Waals surface area contributed by atoms with Crippen molar-refractivity contribution in [3.63, 3.8) is 0 Å². The van der Waals surface area contributed by atoms with E-state index >= 15 is 4.39 Å². The molecule has 214 valence electrons. The molecule has 2 unspecified atom stereocenters. The van der Waals surface area contributed by atoms with E-state index in [2.05, 4.69) is 11.1 Å². The van der Waals surface area contributed by atoms with Gasteiger partial charge in [-0.1, -0.05) is 12.1 Å². The molecule has 0 radical (unpaired) electrons. The maximum Gasteiger partial charge on any atom is 0.217 e. The maximum absolute atomic E-state index is 16.2. The smallest absolute Gasteiger partial charge is 0.217 e. The summed E-state index contributed by atoms with van der Waals surface area (Å²) in [5, 5.41) is 23.8. The SMILES string of the molecule is COc1cc(C(O)(CCN(C)C)C(c2cc3cc(C#N)ccc3nc2OC)c2cccc(OC)c2F)cc(SC)n1. The molecule has 4 aromatic rings. The number of aromatic nitrogens is 2. The molecular formula is C31H33FN4O4S. The molecule has 0 fully saturated rings. The molecule has 0 aliphatic heterocycles. The summed E-state index contributed by atoms with van der Waals surface area (Å²) in [6.45, 7) is 0.472. The Balaban J connectivity index is 2.13. The normalized spacial score (nSPS) is 13.5. The number of thioether (sulfide) groups is 1. The predicted octanol–water partition coefficient (Wildman–Crippen LogP) is 5.36. The Kier molecular flexibility index (Phi) is 9.33. The number of hydrogen-bond acceptors (Lipinski definition) is 9. The van der Waals surface area contributed by atoms with Gasteiger partial charge in [0, 0.05) is 29.1 Å². The Bertz CT molecular complexity index is 1570. The van der Waals surface area contributed by atoms with Crippen LogP contribution in [0.4, 0.5) is 4.39 Å². The van der Waals surface area contributed by atoms with Crippen molar-refractivity contribution in [2.24, 2.45) is 0 Å². The van der Waals surface area contributed by atoms with E-state index in [0.717, 1.165) is 0 Å². The van der Waals surface area contributed by atoms with Crippen LogP contribution in [0.2, 0.25) is 0 Å². The van der Waals surface area contributed by atoms with E-state index in [1.807, 2.05) is 25.3 Å². The number of rotatable bonds is 11. The number of benzene rings is 2. The minimum Gasteiger partial charge on any atom is -0.494 e. The first-order valence-electron chi connectivity index (χ1n) is 12.9. The Morgan fingerprint density at radius 2 is 1.80 bits per heavy atom. The van der Waals surface area contributed by atoms with Crippen LogP contribution in [0.3, 0.4) is 0 Å². The summed E-state index contributed by atoms with van der Waals surface area (Å²) in [6, 6.07) is 17.4. The van der Waals surface area contributed by atoms with Crippen LogP contribution >= 0.6 is 11.8 Å². The van der Waals surface area contributed by atoms with Crippen LogP contribution in [0, 0.1) is 17.1 Å². The van der Waals surface area contributed by atoms with E-state index in [1.165, 1.54) is 39.2 Å². The number of fused-ring (bicyclic) bond motifs is 1. The van der Waals surface area contributed by atoms with Gasteiger partial charge in [0.25, 0.3) is 0 Å². The maximum atomic E-state index is 16.2. The molecule has 2 atom stereocenters. The van der Waals surface area contributed by atoms with Crippen LogP contribution in [-0.2, 0) is 5.60 Å². The molecule has 41 heavy (non-hydrogen) atoms. The van der Waals surface area contributed by atoms with E-state index < -0.39 is 17.3 Å². The standard InChI is InChI=1S/C31H33FN4O4S/c1-36(2)13-12-31(37,21-16-26(39-4)35-27(17-21)41-6)28(22-8-7-9-25(38-3)29(22)32)23-15-20-14-19(18-33)10-11-24(20)34-30(23)40-5/h7-11,14-17,28,37H,12-13H2,1-6H3. The lowest BCUT2D eigenvalue weighted by atomic mass is 9.71. The van der Waals surface area contributed by atoms with Crippen LogP contribution in [0.1, 0.15) is 34.6 Å². The van der Waals surface area contributed by atoms with Crippen LogP contribution in [-0.4, -0.2) is 68.2 Å². The highest BCUT2D eigenvalue weighted by Gasteiger charge is 2.44. The first-order chi connectivity index (χ1) is 19.7. The van der Waals surface area contributed by atoms with Crippen molar-refractivity contribution in [1.82, 2.24) is 14.9 Å². The first-order valence-corrected chi connectivity index (χ1v) is 14.1. The van der Waals surface area contributed by atoms with Gasteiger partial charge in [0.2, 0.25) is 11.8 Å². The lowest BCUT2D eigenvalue weighted by molar-refractivity contribution is 0.00230. The predicted molar refractivity (Wildman–Crippen MR) is 157 cm³/mol. The third kappa shape index (κ3) is 6.07. The zero-order valence-corrected chi connectivity index (χ0v) is 24.8. The highest BCUT2D eigenvalue weighted by atomic mass is 32.2. The summed E-state index contributed by atoms with van der Waals surface area (Å²) in [5.74, 6) is -1.04. The van der Waals surface area contributed by atoms with E-state index in [-0.39, 0.29) is 23.6 Å². The third-order valence-electron chi connectivity index (χ3n) is 7.08. The van der Waals surface area contributed by atoms with Gasteiger partial charge in [-0.15, -0.1) is 11.8 Å². The average Bonchev–Trinajstić information content (AvgIpc) is 2.99. The van der Waals surface area contributed by atoms with Crippen LogP contribution in [0.15, 0.2) is 59.6 Å². The van der Waals surface area contributed by atoms with Gasteiger partial charge in [-0.3, -0.25) is 0 Å². The van der Waals surface area contributed by atoms with E-state index in [0.29, 0.717) is 45.0 Å². The molecule has 2 heterocycles. The largest absolute Gasteiger partial charge is 0.494 e. The molecule has 0 spiro atoms. The highest BCUT2D eigenvalue weighted by molar-refractivity contribution is 7.98. The van der Waals surface area contributed by atoms with E-state index in [4.69, 9.17) is 19.2 Å². The molecule has 4 rings (SSSR count).